The molecule has 21 heavy (non-hydrogen) atoms. The van der Waals surface area contributed by atoms with Gasteiger partial charge in [-0.3, -0.25) is 0 Å². The summed E-state index contributed by atoms with van der Waals surface area (Å²) in [5, 5.41) is 4.76. The van der Waals surface area contributed by atoms with E-state index in [-0.39, 0.29) is 0 Å². The molecule has 3 nitrogen and oxygen atoms in total. The lowest BCUT2D eigenvalue weighted by Crippen LogP contribution is -1.85. The van der Waals surface area contributed by atoms with Gasteiger partial charge < -0.3 is 4.98 Å². The third-order valence-electron chi connectivity index (χ3n) is 4.09. The third-order valence-corrected chi connectivity index (χ3v) is 4.09. The molecule has 0 unspecified atom stereocenters. The molecule has 0 aliphatic heterocycles. The molecule has 2 heterocycles. The van der Waals surface area contributed by atoms with Gasteiger partial charge in [-0.15, -0.1) is 0 Å². The van der Waals surface area contributed by atoms with E-state index in [1.165, 1.54) is 21.5 Å². The minimum absolute atomic E-state index is 0.947. The van der Waals surface area contributed by atoms with Crippen molar-refractivity contribution in [3.63, 3.8) is 0 Å². The normalized spacial score (nSPS) is 11.8. The summed E-state index contributed by atoms with van der Waals surface area (Å²) >= 11 is 0. The van der Waals surface area contributed by atoms with Crippen LogP contribution in [0, 0.1) is 0 Å². The number of nitrogens with one attached hydrogen (secondary N) is 1. The summed E-state index contributed by atoms with van der Waals surface area (Å²) in [4.78, 5) is 12.3. The van der Waals surface area contributed by atoms with Crippen LogP contribution in [-0.4, -0.2) is 15.0 Å². The van der Waals surface area contributed by atoms with Crippen molar-refractivity contribution in [2.45, 2.75) is 0 Å². The highest BCUT2D eigenvalue weighted by Gasteiger charge is 2.08. The van der Waals surface area contributed by atoms with Crippen LogP contribution >= 0.6 is 0 Å². The highest BCUT2D eigenvalue weighted by Crippen LogP contribution is 2.31. The largest absolute Gasteiger partial charge is 0.355 e. The molecule has 0 fully saturated rings. The fourth-order valence-electron chi connectivity index (χ4n) is 3.10. The van der Waals surface area contributed by atoms with Gasteiger partial charge in [0.2, 0.25) is 0 Å². The number of hydrogen-bond donors (Lipinski definition) is 1. The summed E-state index contributed by atoms with van der Waals surface area (Å²) in [6, 6.07) is 19.0. The van der Waals surface area contributed by atoms with Crippen molar-refractivity contribution in [3.8, 4) is 0 Å². The Balaban J connectivity index is 2.11. The van der Waals surface area contributed by atoms with Crippen LogP contribution in [-0.2, 0) is 0 Å². The van der Waals surface area contributed by atoms with E-state index in [1.807, 2.05) is 12.1 Å². The number of nitrogens with zero attached hydrogens (tertiary/aromatic N) is 2. The van der Waals surface area contributed by atoms with Crippen LogP contribution in [0.5, 0.6) is 0 Å². The molecule has 0 aliphatic rings. The minimum atomic E-state index is 0.947. The number of imidazole rings is 1. The second-order valence-electron chi connectivity index (χ2n) is 5.29. The Hall–Kier alpha value is -2.94. The SMILES string of the molecule is c1ccc2[nH]c3ccc4ccc5ncnc5c4c3cc2c1. The fraction of sp³-hybridized carbons (Fsp3) is 0. The van der Waals surface area contributed by atoms with Gasteiger partial charge in [0.15, 0.2) is 0 Å². The summed E-state index contributed by atoms with van der Waals surface area (Å²) < 4.78 is 0. The molecule has 0 radical (unpaired) electrons. The van der Waals surface area contributed by atoms with Gasteiger partial charge in [-0.2, -0.15) is 0 Å². The number of H-pyrrole nitrogens is 1. The molecule has 98 valence electrons. The van der Waals surface area contributed by atoms with Crippen molar-refractivity contribution in [3.05, 3.63) is 60.9 Å². The van der Waals surface area contributed by atoms with Gasteiger partial charge in [-0.25, -0.2) is 9.97 Å². The monoisotopic (exact) mass is 269 g/mol. The zero-order valence-corrected chi connectivity index (χ0v) is 11.2. The van der Waals surface area contributed by atoms with E-state index in [2.05, 4.69) is 57.4 Å². The van der Waals surface area contributed by atoms with Crippen molar-refractivity contribution in [1.29, 1.82) is 0 Å². The molecule has 0 saturated carbocycles. The minimum Gasteiger partial charge on any atom is -0.355 e. The Bertz CT molecular complexity index is 1140. The molecular formula is C18H11N3. The van der Waals surface area contributed by atoms with Crippen molar-refractivity contribution >= 4 is 43.6 Å². The molecule has 0 atom stereocenters. The maximum Gasteiger partial charge on any atom is 0.116 e. The van der Waals surface area contributed by atoms with Gasteiger partial charge in [-0.05, 0) is 35.0 Å². The van der Waals surface area contributed by atoms with Gasteiger partial charge in [0.25, 0.3) is 0 Å². The Morgan fingerprint density at radius 1 is 0.762 bits per heavy atom. The maximum atomic E-state index is 4.45. The number of hydrogen-bond acceptors (Lipinski definition) is 2. The first kappa shape index (κ1) is 10.8. The molecule has 0 saturated heterocycles. The van der Waals surface area contributed by atoms with E-state index >= 15 is 0 Å². The molecule has 5 rings (SSSR count). The van der Waals surface area contributed by atoms with E-state index in [0.717, 1.165) is 22.1 Å². The Labute approximate surface area is 120 Å². The average Bonchev–Trinajstić information content (AvgIpc) is 3.01. The first-order valence-corrected chi connectivity index (χ1v) is 6.94. The Morgan fingerprint density at radius 3 is 2.67 bits per heavy atom. The van der Waals surface area contributed by atoms with Gasteiger partial charge in [-0.1, -0.05) is 30.3 Å². The smallest absolute Gasteiger partial charge is 0.116 e. The summed E-state index contributed by atoms with van der Waals surface area (Å²) in [6.07, 6.45) is 1.63. The van der Waals surface area contributed by atoms with E-state index in [9.17, 15) is 0 Å². The highest BCUT2D eigenvalue weighted by atomic mass is 14.9. The molecule has 3 aromatic carbocycles. The first-order chi connectivity index (χ1) is 10.4. The number of rotatable bonds is 0. The standard InChI is InChI=1S/C18H11N3/c1-2-4-14-12(3-1)9-13-15(21-14)7-5-11-6-8-16-18(17(11)13)20-10-19-16/h1-10,21H. The van der Waals surface area contributed by atoms with Crippen LogP contribution in [0.25, 0.3) is 43.6 Å². The quantitative estimate of drug-likeness (QED) is 0.334. The molecule has 0 aliphatic carbocycles. The average molecular weight is 269 g/mol. The molecule has 1 N–H and O–H groups in total. The zero-order valence-electron chi connectivity index (χ0n) is 11.2. The van der Waals surface area contributed by atoms with Crippen LogP contribution < -0.4 is 0 Å². The predicted molar refractivity (Wildman–Crippen MR) is 86.4 cm³/mol. The van der Waals surface area contributed by atoms with E-state index in [1.54, 1.807) is 6.33 Å². The molecule has 3 heteroatoms. The lowest BCUT2D eigenvalue weighted by atomic mass is 10.0. The van der Waals surface area contributed by atoms with Crippen molar-refractivity contribution in [2.24, 2.45) is 0 Å². The first-order valence-electron chi connectivity index (χ1n) is 6.94. The summed E-state index contributed by atoms with van der Waals surface area (Å²) in [5.41, 5.74) is 4.19. The number of fused-ring (bicyclic) bond motifs is 6. The van der Waals surface area contributed by atoms with E-state index in [0.29, 0.717) is 0 Å². The second-order valence-corrected chi connectivity index (χ2v) is 5.29. The van der Waals surface area contributed by atoms with Gasteiger partial charge in [0, 0.05) is 21.8 Å². The summed E-state index contributed by atoms with van der Waals surface area (Å²) in [5.74, 6) is 0. The Kier molecular flexibility index (Phi) is 1.95. The van der Waals surface area contributed by atoms with Crippen molar-refractivity contribution < 1.29 is 0 Å². The zero-order chi connectivity index (χ0) is 13.8. The van der Waals surface area contributed by atoms with Gasteiger partial charge in [0.1, 0.15) is 6.33 Å². The highest BCUT2D eigenvalue weighted by molar-refractivity contribution is 6.19. The van der Waals surface area contributed by atoms with E-state index < -0.39 is 0 Å². The number of pyridine rings is 1. The third kappa shape index (κ3) is 1.43. The lowest BCUT2D eigenvalue weighted by Gasteiger charge is -2.07. The lowest BCUT2D eigenvalue weighted by molar-refractivity contribution is 1.35. The predicted octanol–water partition coefficient (Wildman–Crippen LogP) is 4.42. The van der Waals surface area contributed by atoms with Crippen molar-refractivity contribution in [1.82, 2.24) is 15.0 Å². The van der Waals surface area contributed by atoms with E-state index in [4.69, 9.17) is 0 Å². The fourth-order valence-corrected chi connectivity index (χ4v) is 3.10. The number of benzene rings is 3. The molecule has 5 aromatic rings. The molecule has 0 amide bonds. The van der Waals surface area contributed by atoms with Gasteiger partial charge >= 0.3 is 0 Å². The molecule has 0 spiro atoms. The van der Waals surface area contributed by atoms with Crippen LogP contribution in [0.3, 0.4) is 0 Å². The maximum absolute atomic E-state index is 4.45. The summed E-state index contributed by atoms with van der Waals surface area (Å²) in [7, 11) is 0. The molecule has 0 bridgehead atoms. The van der Waals surface area contributed by atoms with Crippen LogP contribution in [0.4, 0.5) is 0 Å². The number of para-hydroxylation sites is 1. The number of aromatic amines is 1. The topological polar surface area (TPSA) is 41.6 Å². The van der Waals surface area contributed by atoms with Crippen LogP contribution in [0.1, 0.15) is 0 Å². The second kappa shape index (κ2) is 3.79. The van der Waals surface area contributed by atoms with Crippen molar-refractivity contribution in [2.75, 3.05) is 0 Å². The molecule has 2 aromatic heterocycles. The summed E-state index contributed by atoms with van der Waals surface area (Å²) in [6.45, 7) is 0. The van der Waals surface area contributed by atoms with Gasteiger partial charge in [0.05, 0.1) is 11.0 Å². The number of aromatic nitrogens is 3. The molecular weight excluding hydrogens is 258 g/mol. The van der Waals surface area contributed by atoms with Crippen LogP contribution in [0.2, 0.25) is 0 Å². The Morgan fingerprint density at radius 2 is 1.67 bits per heavy atom. The van der Waals surface area contributed by atoms with Crippen LogP contribution in [0.15, 0.2) is 60.9 Å².